The maximum Gasteiger partial charge on any atom is 0.419 e. The summed E-state index contributed by atoms with van der Waals surface area (Å²) in [6, 6.07) is 2.48. The second-order valence-electron chi connectivity index (χ2n) is 5.53. The summed E-state index contributed by atoms with van der Waals surface area (Å²) in [5, 5.41) is 5.79. The fourth-order valence-electron chi connectivity index (χ4n) is 2.63. The van der Waals surface area contributed by atoms with E-state index in [9.17, 15) is 22.4 Å². The maximum atomic E-state index is 13.9. The molecule has 1 amide bonds. The van der Waals surface area contributed by atoms with Crippen LogP contribution in [-0.2, 0) is 6.18 Å². The highest BCUT2D eigenvalue weighted by atomic mass is 19.4. The van der Waals surface area contributed by atoms with Crippen LogP contribution in [0.4, 0.5) is 17.6 Å². The van der Waals surface area contributed by atoms with Crippen molar-refractivity contribution in [2.75, 3.05) is 13.1 Å². The second kappa shape index (κ2) is 6.64. The van der Waals surface area contributed by atoms with Gasteiger partial charge in [0.1, 0.15) is 5.82 Å². The molecular formula is C15H18F4N2O. The maximum absolute atomic E-state index is 13.9. The molecule has 122 valence electrons. The lowest BCUT2D eigenvalue weighted by atomic mass is 9.92. The molecule has 1 aliphatic heterocycles. The van der Waals surface area contributed by atoms with Crippen LogP contribution < -0.4 is 10.6 Å². The first-order valence-corrected chi connectivity index (χ1v) is 7.18. The lowest BCUT2D eigenvalue weighted by Crippen LogP contribution is -2.44. The number of halogens is 4. The highest BCUT2D eigenvalue weighted by Gasteiger charge is 2.36. The zero-order chi connectivity index (χ0) is 16.3. The first kappa shape index (κ1) is 16.7. The number of carbonyl (C=O) groups excluding carboxylic acids is 1. The quantitative estimate of drug-likeness (QED) is 0.841. The van der Waals surface area contributed by atoms with Gasteiger partial charge in [-0.3, -0.25) is 4.79 Å². The lowest BCUT2D eigenvalue weighted by Gasteiger charge is -2.29. The minimum absolute atomic E-state index is 0.187. The summed E-state index contributed by atoms with van der Waals surface area (Å²) in [7, 11) is 0. The van der Waals surface area contributed by atoms with Crippen molar-refractivity contribution < 1.29 is 22.4 Å². The average molecular weight is 318 g/mol. The van der Waals surface area contributed by atoms with Crippen LogP contribution in [0.3, 0.4) is 0 Å². The molecule has 0 aromatic heterocycles. The number of nitrogens with one attached hydrogen (secondary N) is 2. The number of hydrogen-bond donors (Lipinski definition) is 2. The molecule has 22 heavy (non-hydrogen) atoms. The van der Waals surface area contributed by atoms with E-state index in [0.29, 0.717) is 6.07 Å². The van der Waals surface area contributed by atoms with Crippen LogP contribution in [-0.4, -0.2) is 25.0 Å². The zero-order valence-electron chi connectivity index (χ0n) is 12.1. The zero-order valence-corrected chi connectivity index (χ0v) is 12.1. The van der Waals surface area contributed by atoms with Crippen LogP contribution in [0.5, 0.6) is 0 Å². The van der Waals surface area contributed by atoms with E-state index in [2.05, 4.69) is 10.6 Å². The van der Waals surface area contributed by atoms with Crippen molar-refractivity contribution in [3.63, 3.8) is 0 Å². The van der Waals surface area contributed by atoms with Crippen molar-refractivity contribution in [2.45, 2.75) is 32.0 Å². The molecule has 1 heterocycles. The van der Waals surface area contributed by atoms with Crippen molar-refractivity contribution in [1.29, 1.82) is 0 Å². The fraction of sp³-hybridized carbons (Fsp3) is 0.533. The van der Waals surface area contributed by atoms with Crippen molar-refractivity contribution in [3.05, 3.63) is 35.1 Å². The summed E-state index contributed by atoms with van der Waals surface area (Å²) in [4.78, 5) is 12.1. The van der Waals surface area contributed by atoms with Gasteiger partial charge in [0, 0.05) is 6.04 Å². The summed E-state index contributed by atoms with van der Waals surface area (Å²) < 4.78 is 51.9. The van der Waals surface area contributed by atoms with Gasteiger partial charge in [0.15, 0.2) is 0 Å². The van der Waals surface area contributed by atoms with Gasteiger partial charge in [0.25, 0.3) is 5.91 Å². The van der Waals surface area contributed by atoms with Crippen LogP contribution in [0.1, 0.15) is 35.7 Å². The topological polar surface area (TPSA) is 41.1 Å². The number of piperidine rings is 1. The van der Waals surface area contributed by atoms with Crippen LogP contribution in [0, 0.1) is 11.7 Å². The van der Waals surface area contributed by atoms with Gasteiger partial charge in [-0.1, -0.05) is 6.07 Å². The van der Waals surface area contributed by atoms with Crippen molar-refractivity contribution >= 4 is 5.91 Å². The molecular weight excluding hydrogens is 300 g/mol. The number of hydrogen-bond acceptors (Lipinski definition) is 2. The molecule has 0 saturated carbocycles. The van der Waals surface area contributed by atoms with Gasteiger partial charge >= 0.3 is 6.18 Å². The Bertz CT molecular complexity index is 539. The van der Waals surface area contributed by atoms with E-state index in [1.54, 1.807) is 6.92 Å². The predicted molar refractivity (Wildman–Crippen MR) is 73.9 cm³/mol. The van der Waals surface area contributed by atoms with E-state index >= 15 is 0 Å². The number of amides is 1. The van der Waals surface area contributed by atoms with E-state index in [0.717, 1.165) is 38.1 Å². The Kier molecular flexibility index (Phi) is 5.05. The van der Waals surface area contributed by atoms with Crippen molar-refractivity contribution in [3.8, 4) is 0 Å². The van der Waals surface area contributed by atoms with Crippen molar-refractivity contribution in [1.82, 2.24) is 10.6 Å². The third-order valence-corrected chi connectivity index (χ3v) is 3.95. The molecule has 7 heteroatoms. The molecule has 0 bridgehead atoms. The molecule has 1 aliphatic rings. The molecule has 0 radical (unpaired) electrons. The van der Waals surface area contributed by atoms with Crippen LogP contribution in [0.25, 0.3) is 0 Å². The van der Waals surface area contributed by atoms with Gasteiger partial charge < -0.3 is 10.6 Å². The molecule has 3 nitrogen and oxygen atoms in total. The van der Waals surface area contributed by atoms with Crippen LogP contribution in [0.15, 0.2) is 18.2 Å². The summed E-state index contributed by atoms with van der Waals surface area (Å²) in [6.45, 7) is 3.42. The van der Waals surface area contributed by atoms with Gasteiger partial charge in [-0.2, -0.15) is 13.2 Å². The molecule has 0 spiro atoms. The largest absolute Gasteiger partial charge is 0.419 e. The monoisotopic (exact) mass is 318 g/mol. The van der Waals surface area contributed by atoms with Crippen LogP contribution in [0.2, 0.25) is 0 Å². The number of benzene rings is 1. The number of carbonyl (C=O) groups is 1. The highest BCUT2D eigenvalue weighted by molar-refractivity contribution is 5.94. The van der Waals surface area contributed by atoms with Crippen LogP contribution >= 0.6 is 0 Å². The standard InChI is InChI=1S/C15H18F4N2O/c1-9(10-4-3-7-20-8-10)21-14(22)11-5-2-6-12(13(11)16)15(17,18)19/h2,5-6,9-10,20H,3-4,7-8H2,1H3,(H,21,22). The van der Waals surface area contributed by atoms with Gasteiger partial charge in [0.05, 0.1) is 11.1 Å². The summed E-state index contributed by atoms with van der Waals surface area (Å²) >= 11 is 0. The summed E-state index contributed by atoms with van der Waals surface area (Å²) in [6.07, 6.45) is -2.93. The van der Waals surface area contributed by atoms with Gasteiger partial charge in [-0.15, -0.1) is 0 Å². The molecule has 1 saturated heterocycles. The van der Waals surface area contributed by atoms with Crippen molar-refractivity contribution in [2.24, 2.45) is 5.92 Å². The Balaban J connectivity index is 2.12. The molecule has 2 rings (SSSR count). The minimum atomic E-state index is -4.82. The third-order valence-electron chi connectivity index (χ3n) is 3.95. The molecule has 2 atom stereocenters. The third kappa shape index (κ3) is 3.76. The van der Waals surface area contributed by atoms with Gasteiger partial charge in [-0.25, -0.2) is 4.39 Å². The van der Waals surface area contributed by atoms with E-state index in [1.807, 2.05) is 0 Å². The summed E-state index contributed by atoms with van der Waals surface area (Å²) in [5.41, 5.74) is -2.00. The molecule has 2 N–H and O–H groups in total. The van der Waals surface area contributed by atoms with E-state index in [-0.39, 0.29) is 12.0 Å². The minimum Gasteiger partial charge on any atom is -0.349 e. The lowest BCUT2D eigenvalue weighted by molar-refractivity contribution is -0.140. The average Bonchev–Trinajstić information content (AvgIpc) is 2.47. The Hall–Kier alpha value is -1.63. The first-order valence-electron chi connectivity index (χ1n) is 7.18. The second-order valence-corrected chi connectivity index (χ2v) is 5.53. The van der Waals surface area contributed by atoms with E-state index < -0.39 is 29.0 Å². The molecule has 1 fully saturated rings. The number of rotatable bonds is 3. The molecule has 1 aromatic rings. The Morgan fingerprint density at radius 3 is 2.73 bits per heavy atom. The predicted octanol–water partition coefficient (Wildman–Crippen LogP) is 2.96. The highest BCUT2D eigenvalue weighted by Crippen LogP contribution is 2.32. The smallest absolute Gasteiger partial charge is 0.349 e. The summed E-state index contributed by atoms with van der Waals surface area (Å²) in [5.74, 6) is -2.16. The first-order chi connectivity index (χ1) is 10.3. The Morgan fingerprint density at radius 2 is 2.14 bits per heavy atom. The SMILES string of the molecule is CC(NC(=O)c1cccc(C(F)(F)F)c1F)C1CCCNC1. The molecule has 1 aromatic carbocycles. The van der Waals surface area contributed by atoms with Gasteiger partial charge in [-0.05, 0) is 50.9 Å². The Labute approximate surface area is 126 Å². The normalized spacial score (nSPS) is 20.5. The molecule has 2 unspecified atom stereocenters. The van der Waals surface area contributed by atoms with E-state index in [4.69, 9.17) is 0 Å². The molecule has 0 aliphatic carbocycles. The Morgan fingerprint density at radius 1 is 1.41 bits per heavy atom. The fourth-order valence-corrected chi connectivity index (χ4v) is 2.63. The number of alkyl halides is 3. The van der Waals surface area contributed by atoms with Gasteiger partial charge in [0.2, 0.25) is 0 Å². The van der Waals surface area contributed by atoms with E-state index in [1.165, 1.54) is 0 Å².